The van der Waals surface area contributed by atoms with Crippen molar-refractivity contribution >= 4 is 23.5 Å². The van der Waals surface area contributed by atoms with Gasteiger partial charge in [0.25, 0.3) is 0 Å². The van der Waals surface area contributed by atoms with E-state index in [9.17, 15) is 0 Å². The van der Waals surface area contributed by atoms with Crippen molar-refractivity contribution in [2.24, 2.45) is 20.2 Å². The fourth-order valence-corrected chi connectivity index (χ4v) is 2.67. The summed E-state index contributed by atoms with van der Waals surface area (Å²) in [6.07, 6.45) is 8.53. The van der Waals surface area contributed by atoms with Crippen molar-refractivity contribution in [3.63, 3.8) is 0 Å². The van der Waals surface area contributed by atoms with E-state index in [1.807, 2.05) is 46.0 Å². The smallest absolute Gasteiger partial charge is 0.155 e. The van der Waals surface area contributed by atoms with Crippen LogP contribution in [0, 0.1) is 0 Å². The third kappa shape index (κ3) is 7.68. The molecule has 7 nitrogen and oxygen atoms in total. The molecule has 1 N–H and O–H groups in total. The van der Waals surface area contributed by atoms with Crippen molar-refractivity contribution in [3.8, 4) is 0 Å². The first-order valence-corrected chi connectivity index (χ1v) is 10.2. The van der Waals surface area contributed by atoms with Crippen molar-refractivity contribution in [1.82, 2.24) is 15.3 Å². The van der Waals surface area contributed by atoms with E-state index in [-0.39, 0.29) is 0 Å². The van der Waals surface area contributed by atoms with E-state index in [0.29, 0.717) is 13.1 Å². The van der Waals surface area contributed by atoms with Gasteiger partial charge in [-0.05, 0) is 33.6 Å². The van der Waals surface area contributed by atoms with E-state index in [0.717, 1.165) is 53.6 Å². The van der Waals surface area contributed by atoms with E-state index in [1.165, 1.54) is 0 Å². The van der Waals surface area contributed by atoms with Gasteiger partial charge >= 0.3 is 0 Å². The van der Waals surface area contributed by atoms with Gasteiger partial charge in [0, 0.05) is 43.7 Å². The molecule has 0 atom stereocenters. The fourth-order valence-electron chi connectivity index (χ4n) is 2.67. The number of nitrogens with zero attached hydrogens (tertiary/aromatic N) is 6. The molecule has 1 heterocycles. The molecule has 7 heteroatoms. The second-order valence-electron chi connectivity index (χ2n) is 6.76. The van der Waals surface area contributed by atoms with E-state index in [4.69, 9.17) is 15.1 Å². The number of hydrogen-bond donors (Lipinski definition) is 1. The molecule has 0 fully saturated rings. The maximum atomic E-state index is 4.88. The van der Waals surface area contributed by atoms with Crippen LogP contribution < -0.4 is 5.32 Å². The molecule has 0 radical (unpaired) electrons. The molecule has 1 aliphatic rings. The lowest BCUT2D eigenvalue weighted by Gasteiger charge is -2.19. The zero-order valence-electron chi connectivity index (χ0n) is 19.2. The number of amidine groups is 1. The Labute approximate surface area is 176 Å². The number of hydrogen-bond acceptors (Lipinski definition) is 7. The van der Waals surface area contributed by atoms with Gasteiger partial charge in [0.2, 0.25) is 0 Å². The van der Waals surface area contributed by atoms with Gasteiger partial charge in [-0.2, -0.15) is 10.2 Å². The molecule has 0 unspecified atom stereocenters. The van der Waals surface area contributed by atoms with E-state index in [2.05, 4.69) is 36.9 Å². The van der Waals surface area contributed by atoms with Crippen LogP contribution in [0.4, 0.5) is 0 Å². The summed E-state index contributed by atoms with van der Waals surface area (Å²) in [6.45, 7) is 15.2. The van der Waals surface area contributed by atoms with Crippen LogP contribution in [0.15, 0.2) is 56.0 Å². The summed E-state index contributed by atoms with van der Waals surface area (Å²) in [6, 6.07) is 0. The van der Waals surface area contributed by atoms with Crippen LogP contribution >= 0.6 is 0 Å². The van der Waals surface area contributed by atoms with Gasteiger partial charge in [-0.15, -0.1) is 0 Å². The summed E-state index contributed by atoms with van der Waals surface area (Å²) in [5.41, 5.74) is 4.04. The lowest BCUT2D eigenvalue weighted by Crippen LogP contribution is -2.27. The van der Waals surface area contributed by atoms with Crippen LogP contribution in [0.2, 0.25) is 0 Å². The van der Waals surface area contributed by atoms with Gasteiger partial charge in [-0.25, -0.2) is 4.99 Å². The third-order valence-electron chi connectivity index (χ3n) is 4.60. The molecule has 0 saturated heterocycles. The Hall–Kier alpha value is -2.70. The van der Waals surface area contributed by atoms with E-state index in [1.54, 1.807) is 11.2 Å². The molecular formula is C22H37N7. The Morgan fingerprint density at radius 2 is 1.93 bits per heavy atom. The molecule has 0 aromatic heterocycles. The second-order valence-corrected chi connectivity index (χ2v) is 6.76. The number of rotatable bonds is 10. The zero-order chi connectivity index (χ0) is 21.8. The van der Waals surface area contributed by atoms with Crippen molar-refractivity contribution in [2.45, 2.75) is 53.9 Å². The predicted octanol–water partition coefficient (Wildman–Crippen LogP) is 4.19. The Bertz CT molecular complexity index is 738. The van der Waals surface area contributed by atoms with Gasteiger partial charge < -0.3 is 5.32 Å². The minimum absolute atomic E-state index is 0.459. The summed E-state index contributed by atoms with van der Waals surface area (Å²) in [7, 11) is 3.83. The Balaban J connectivity index is 3.26. The van der Waals surface area contributed by atoms with Crippen LogP contribution in [0.5, 0.6) is 0 Å². The maximum absolute atomic E-state index is 4.88. The monoisotopic (exact) mass is 399 g/mol. The number of hydrazone groups is 2. The maximum Gasteiger partial charge on any atom is 0.155 e. The molecule has 0 aromatic rings. The Morgan fingerprint density at radius 1 is 1.21 bits per heavy atom. The summed E-state index contributed by atoms with van der Waals surface area (Å²) < 4.78 is 0. The molecule has 0 spiro atoms. The highest BCUT2D eigenvalue weighted by molar-refractivity contribution is 6.04. The van der Waals surface area contributed by atoms with Crippen LogP contribution in [-0.2, 0) is 0 Å². The second kappa shape index (κ2) is 12.7. The SMILES string of the molecule is C=C(CC)NCC1=NCC(N(C)/N=C(/CC)CC=CC)=NC(N(C)/N=C\C)=C1C. The highest BCUT2D eigenvalue weighted by Gasteiger charge is 2.19. The van der Waals surface area contributed by atoms with Gasteiger partial charge in [0.05, 0.1) is 18.8 Å². The molecule has 0 saturated carbocycles. The Morgan fingerprint density at radius 3 is 2.52 bits per heavy atom. The quantitative estimate of drug-likeness (QED) is 0.340. The molecule has 0 bridgehead atoms. The molecule has 160 valence electrons. The minimum Gasteiger partial charge on any atom is -0.383 e. The van der Waals surface area contributed by atoms with Gasteiger partial charge in [0.1, 0.15) is 5.84 Å². The van der Waals surface area contributed by atoms with E-state index >= 15 is 0 Å². The zero-order valence-corrected chi connectivity index (χ0v) is 19.2. The largest absolute Gasteiger partial charge is 0.383 e. The lowest BCUT2D eigenvalue weighted by molar-refractivity contribution is 0.436. The summed E-state index contributed by atoms with van der Waals surface area (Å²) in [5.74, 6) is 1.56. The van der Waals surface area contributed by atoms with Crippen molar-refractivity contribution in [2.75, 3.05) is 27.2 Å². The Kier molecular flexibility index (Phi) is 10.7. The van der Waals surface area contributed by atoms with Crippen molar-refractivity contribution in [3.05, 3.63) is 35.8 Å². The molecule has 0 aromatic carbocycles. The number of aliphatic imine (C=N–C) groups is 2. The van der Waals surface area contributed by atoms with Crippen LogP contribution in [0.3, 0.4) is 0 Å². The van der Waals surface area contributed by atoms with Gasteiger partial charge in [-0.1, -0.05) is 32.6 Å². The highest BCUT2D eigenvalue weighted by atomic mass is 15.5. The summed E-state index contributed by atoms with van der Waals surface area (Å²) in [4.78, 5) is 9.71. The highest BCUT2D eigenvalue weighted by Crippen LogP contribution is 2.17. The fraction of sp³-hybridized carbons (Fsp3) is 0.545. The topological polar surface area (TPSA) is 68.0 Å². The molecule has 1 aliphatic heterocycles. The summed E-state index contributed by atoms with van der Waals surface area (Å²) >= 11 is 0. The van der Waals surface area contributed by atoms with Gasteiger partial charge in [-0.3, -0.25) is 15.0 Å². The minimum atomic E-state index is 0.459. The average Bonchev–Trinajstić information content (AvgIpc) is 2.88. The first-order valence-electron chi connectivity index (χ1n) is 10.2. The standard InChI is InChI=1S/C22H37N7/c1-9-13-14-19(11-3)27-28(7)21-16-24-20(15-23-17(5)10-2)18(6)22(26-21)29(8)25-12-4/h9,12-13,23H,5,10-11,14-16H2,1-4,6-8H3/b13-9?,25-12-,27-19-. The number of likely N-dealkylation sites (N-methyl/N-ethyl adjacent to an activating group) is 1. The number of nitrogens with one attached hydrogen (secondary N) is 1. The first kappa shape index (κ1) is 24.3. The molecule has 29 heavy (non-hydrogen) atoms. The molecule has 0 amide bonds. The summed E-state index contributed by atoms with van der Waals surface area (Å²) in [5, 5.41) is 16.1. The van der Waals surface area contributed by atoms with Crippen LogP contribution in [0.1, 0.15) is 53.9 Å². The predicted molar refractivity (Wildman–Crippen MR) is 127 cm³/mol. The van der Waals surface area contributed by atoms with Gasteiger partial charge in [0.15, 0.2) is 5.82 Å². The van der Waals surface area contributed by atoms with Crippen molar-refractivity contribution in [1.29, 1.82) is 0 Å². The molecular weight excluding hydrogens is 362 g/mol. The molecule has 1 rings (SSSR count). The van der Waals surface area contributed by atoms with Crippen molar-refractivity contribution < 1.29 is 0 Å². The first-order chi connectivity index (χ1) is 13.9. The number of allylic oxidation sites excluding steroid dienone is 3. The lowest BCUT2D eigenvalue weighted by atomic mass is 10.1. The molecule has 0 aliphatic carbocycles. The average molecular weight is 400 g/mol. The normalized spacial score (nSPS) is 15.5. The third-order valence-corrected chi connectivity index (χ3v) is 4.60. The van der Waals surface area contributed by atoms with Crippen LogP contribution in [0.25, 0.3) is 0 Å². The van der Waals surface area contributed by atoms with Crippen LogP contribution in [-0.4, -0.2) is 60.7 Å². The van der Waals surface area contributed by atoms with E-state index < -0.39 is 0 Å².